The van der Waals surface area contributed by atoms with Crippen LogP contribution in [0.25, 0.3) is 10.9 Å². The highest BCUT2D eigenvalue weighted by Gasteiger charge is 2.25. The number of aryl methyl sites for hydroxylation is 1. The number of para-hydroxylation sites is 1. The van der Waals surface area contributed by atoms with Crippen molar-refractivity contribution in [3.05, 3.63) is 59.3 Å². The predicted octanol–water partition coefficient (Wildman–Crippen LogP) is 5.97. The van der Waals surface area contributed by atoms with E-state index >= 15 is 0 Å². The Kier molecular flexibility index (Phi) is 8.60. The summed E-state index contributed by atoms with van der Waals surface area (Å²) in [5, 5.41) is 4.28. The average molecular weight is 437 g/mol. The summed E-state index contributed by atoms with van der Waals surface area (Å²) in [6.45, 7) is 5.07. The molecule has 0 aliphatic carbocycles. The van der Waals surface area contributed by atoms with Crippen LogP contribution in [0.3, 0.4) is 0 Å². The molecule has 5 heteroatoms. The number of H-pyrrole nitrogens is 1. The van der Waals surface area contributed by atoms with E-state index in [1.807, 2.05) is 24.4 Å². The van der Waals surface area contributed by atoms with Gasteiger partial charge in [0.05, 0.1) is 14.2 Å². The van der Waals surface area contributed by atoms with Gasteiger partial charge in [-0.15, -0.1) is 0 Å². The first-order chi connectivity index (χ1) is 15.6. The molecule has 0 fully saturated rings. The summed E-state index contributed by atoms with van der Waals surface area (Å²) < 4.78 is 11.1. The molecule has 2 N–H and O–H groups in total. The van der Waals surface area contributed by atoms with E-state index in [4.69, 9.17) is 9.47 Å². The molecule has 0 spiro atoms. The SMILES string of the molecule is CCCCCCNC(=O)C[C@@H](c1ccc(OC)cc1OC)c1c[nH]c2c(CC)cccc12. The maximum absolute atomic E-state index is 12.9. The van der Waals surface area contributed by atoms with Crippen LogP contribution in [-0.2, 0) is 11.2 Å². The number of carbonyl (C=O) groups excluding carboxylic acids is 1. The highest BCUT2D eigenvalue weighted by Crippen LogP contribution is 2.39. The van der Waals surface area contributed by atoms with E-state index < -0.39 is 0 Å². The summed E-state index contributed by atoms with van der Waals surface area (Å²) in [6, 6.07) is 12.2. The fourth-order valence-corrected chi connectivity index (χ4v) is 4.35. The van der Waals surface area contributed by atoms with E-state index in [1.54, 1.807) is 14.2 Å². The Bertz CT molecular complexity index is 1020. The molecule has 0 aliphatic heterocycles. The van der Waals surface area contributed by atoms with E-state index in [9.17, 15) is 4.79 Å². The number of rotatable bonds is 12. The molecule has 1 heterocycles. The number of amides is 1. The van der Waals surface area contributed by atoms with E-state index in [-0.39, 0.29) is 11.8 Å². The average Bonchev–Trinajstić information content (AvgIpc) is 3.26. The van der Waals surface area contributed by atoms with Crippen LogP contribution >= 0.6 is 0 Å². The molecule has 1 atom stereocenters. The largest absolute Gasteiger partial charge is 0.497 e. The lowest BCUT2D eigenvalue weighted by atomic mass is 9.87. The Morgan fingerprint density at radius 1 is 1.03 bits per heavy atom. The standard InChI is InChI=1S/C27H36N2O3/c1-5-7-8-9-15-28-26(30)17-23(21-14-13-20(31-3)16-25(21)32-4)24-18-29-27-19(6-2)11-10-12-22(24)27/h10-14,16,18,23,29H,5-9,15,17H2,1-4H3,(H,28,30)/t23-/m0/s1. The molecule has 0 saturated carbocycles. The Balaban J connectivity index is 1.95. The summed E-state index contributed by atoms with van der Waals surface area (Å²) in [6.07, 6.45) is 7.92. The Labute approximate surface area is 191 Å². The summed E-state index contributed by atoms with van der Waals surface area (Å²) >= 11 is 0. The van der Waals surface area contributed by atoms with Gasteiger partial charge in [0.25, 0.3) is 0 Å². The monoisotopic (exact) mass is 436 g/mol. The van der Waals surface area contributed by atoms with Crippen LogP contribution in [0.4, 0.5) is 0 Å². The zero-order chi connectivity index (χ0) is 22.9. The maximum Gasteiger partial charge on any atom is 0.220 e. The van der Waals surface area contributed by atoms with Gasteiger partial charge in [0.15, 0.2) is 0 Å². The summed E-state index contributed by atoms with van der Waals surface area (Å²) in [7, 11) is 3.30. The molecule has 1 amide bonds. The highest BCUT2D eigenvalue weighted by molar-refractivity contribution is 5.88. The zero-order valence-electron chi connectivity index (χ0n) is 19.8. The van der Waals surface area contributed by atoms with Crippen LogP contribution in [0.15, 0.2) is 42.6 Å². The molecule has 0 radical (unpaired) electrons. The van der Waals surface area contributed by atoms with Gasteiger partial charge in [-0.05, 0) is 30.0 Å². The van der Waals surface area contributed by atoms with Crippen molar-refractivity contribution in [2.75, 3.05) is 20.8 Å². The molecule has 0 aliphatic rings. The number of unbranched alkanes of at least 4 members (excludes halogenated alkanes) is 3. The molecule has 0 bridgehead atoms. The van der Waals surface area contributed by atoms with Crippen LogP contribution in [0.1, 0.15) is 68.6 Å². The second-order valence-electron chi connectivity index (χ2n) is 8.21. The number of fused-ring (bicyclic) bond motifs is 1. The highest BCUT2D eigenvalue weighted by atomic mass is 16.5. The second kappa shape index (κ2) is 11.6. The molecule has 172 valence electrons. The first kappa shape index (κ1) is 23.7. The van der Waals surface area contributed by atoms with Gasteiger partial charge in [-0.25, -0.2) is 0 Å². The van der Waals surface area contributed by atoms with Crippen molar-refractivity contribution in [3.63, 3.8) is 0 Å². The molecular weight excluding hydrogens is 400 g/mol. The molecule has 32 heavy (non-hydrogen) atoms. The molecule has 3 rings (SSSR count). The van der Waals surface area contributed by atoms with Gasteiger partial charge in [-0.3, -0.25) is 4.79 Å². The summed E-state index contributed by atoms with van der Waals surface area (Å²) in [5.74, 6) is 1.39. The Hall–Kier alpha value is -2.95. The van der Waals surface area contributed by atoms with Crippen molar-refractivity contribution in [1.29, 1.82) is 0 Å². The second-order valence-corrected chi connectivity index (χ2v) is 8.21. The third kappa shape index (κ3) is 5.45. The molecule has 3 aromatic rings. The molecule has 5 nitrogen and oxygen atoms in total. The molecule has 2 aromatic carbocycles. The number of aromatic amines is 1. The van der Waals surface area contributed by atoms with Crippen molar-refractivity contribution in [2.45, 2.75) is 58.3 Å². The third-order valence-electron chi connectivity index (χ3n) is 6.15. The lowest BCUT2D eigenvalue weighted by Crippen LogP contribution is -2.26. The topological polar surface area (TPSA) is 63.4 Å². The van der Waals surface area contributed by atoms with E-state index in [0.29, 0.717) is 6.42 Å². The Morgan fingerprint density at radius 3 is 2.59 bits per heavy atom. The van der Waals surface area contributed by atoms with Crippen LogP contribution < -0.4 is 14.8 Å². The lowest BCUT2D eigenvalue weighted by molar-refractivity contribution is -0.121. The number of carbonyl (C=O) groups is 1. The van der Waals surface area contributed by atoms with Gasteiger partial charge in [-0.1, -0.05) is 57.4 Å². The summed E-state index contributed by atoms with van der Waals surface area (Å²) in [4.78, 5) is 16.4. The van der Waals surface area contributed by atoms with Gasteiger partial charge < -0.3 is 19.8 Å². The first-order valence-corrected chi connectivity index (χ1v) is 11.7. The van der Waals surface area contributed by atoms with E-state index in [0.717, 1.165) is 59.3 Å². The molecular formula is C27H36N2O3. The van der Waals surface area contributed by atoms with E-state index in [1.165, 1.54) is 18.4 Å². The fraction of sp³-hybridized carbons (Fsp3) is 0.444. The minimum atomic E-state index is -0.132. The number of methoxy groups -OCH3 is 2. The number of hydrogen-bond donors (Lipinski definition) is 2. The van der Waals surface area contributed by atoms with Gasteiger partial charge >= 0.3 is 0 Å². The van der Waals surface area contributed by atoms with Gasteiger partial charge in [0, 0.05) is 47.6 Å². The van der Waals surface area contributed by atoms with Gasteiger partial charge in [-0.2, -0.15) is 0 Å². The number of hydrogen-bond acceptors (Lipinski definition) is 3. The minimum absolute atomic E-state index is 0.0605. The Morgan fingerprint density at radius 2 is 1.88 bits per heavy atom. The minimum Gasteiger partial charge on any atom is -0.497 e. The summed E-state index contributed by atoms with van der Waals surface area (Å²) in [5.41, 5.74) is 4.51. The van der Waals surface area contributed by atoms with Crippen molar-refractivity contribution >= 4 is 16.8 Å². The van der Waals surface area contributed by atoms with Crippen LogP contribution in [0.5, 0.6) is 11.5 Å². The lowest BCUT2D eigenvalue weighted by Gasteiger charge is -2.20. The van der Waals surface area contributed by atoms with Gasteiger partial charge in [0.2, 0.25) is 5.91 Å². The van der Waals surface area contributed by atoms with Crippen molar-refractivity contribution in [3.8, 4) is 11.5 Å². The van der Waals surface area contributed by atoms with Crippen molar-refractivity contribution in [2.24, 2.45) is 0 Å². The smallest absolute Gasteiger partial charge is 0.220 e. The van der Waals surface area contributed by atoms with Crippen molar-refractivity contribution in [1.82, 2.24) is 10.3 Å². The van der Waals surface area contributed by atoms with Crippen molar-refractivity contribution < 1.29 is 14.3 Å². The maximum atomic E-state index is 12.9. The number of aromatic nitrogens is 1. The molecule has 1 aromatic heterocycles. The molecule has 0 unspecified atom stereocenters. The fourth-order valence-electron chi connectivity index (χ4n) is 4.35. The normalized spacial score (nSPS) is 12.0. The van der Waals surface area contributed by atoms with Crippen LogP contribution in [-0.4, -0.2) is 31.7 Å². The van der Waals surface area contributed by atoms with Crippen LogP contribution in [0, 0.1) is 0 Å². The number of ether oxygens (including phenoxy) is 2. The number of benzene rings is 2. The number of nitrogens with one attached hydrogen (secondary N) is 2. The van der Waals surface area contributed by atoms with Crippen LogP contribution in [0.2, 0.25) is 0 Å². The first-order valence-electron chi connectivity index (χ1n) is 11.7. The quantitative estimate of drug-likeness (QED) is 0.344. The van der Waals surface area contributed by atoms with E-state index in [2.05, 4.69) is 42.3 Å². The third-order valence-corrected chi connectivity index (χ3v) is 6.15. The van der Waals surface area contributed by atoms with Gasteiger partial charge in [0.1, 0.15) is 11.5 Å². The molecule has 0 saturated heterocycles. The zero-order valence-corrected chi connectivity index (χ0v) is 19.8. The predicted molar refractivity (Wildman–Crippen MR) is 131 cm³/mol.